The Hall–Kier alpha value is -1.96. The molecule has 2 atom stereocenters. The maximum atomic E-state index is 11.6. The second kappa shape index (κ2) is 4.37. The Kier molecular flexibility index (Phi) is 2.71. The third-order valence-electron chi connectivity index (χ3n) is 3.07. The molecule has 1 N–H and O–H groups in total. The molecule has 3 heterocycles. The average molecular weight is 251 g/mol. The van der Waals surface area contributed by atoms with Crippen LogP contribution in [0.1, 0.15) is 6.42 Å². The smallest absolute Gasteiger partial charge is 0.241 e. The molecule has 96 valence electrons. The molecule has 3 rings (SSSR count). The van der Waals surface area contributed by atoms with Gasteiger partial charge < -0.3 is 15.0 Å². The summed E-state index contributed by atoms with van der Waals surface area (Å²) in [5.74, 6) is -0.0267. The Morgan fingerprint density at radius 1 is 1.61 bits per heavy atom. The summed E-state index contributed by atoms with van der Waals surface area (Å²) in [5.41, 5.74) is 0. The fraction of sp³-hybridized carbons (Fsp3) is 0.600. The normalized spacial score (nSPS) is 25.8. The van der Waals surface area contributed by atoms with E-state index in [1.807, 2.05) is 0 Å². The van der Waals surface area contributed by atoms with Gasteiger partial charge in [-0.05, 0) is 0 Å². The van der Waals surface area contributed by atoms with Crippen molar-refractivity contribution >= 4 is 11.8 Å². The molecule has 2 aliphatic rings. The van der Waals surface area contributed by atoms with E-state index in [0.29, 0.717) is 19.5 Å². The Balaban J connectivity index is 1.42. The number of β-lactam (4-membered cyclic amide) rings is 1. The molecule has 18 heavy (non-hydrogen) atoms. The van der Waals surface area contributed by atoms with Crippen LogP contribution in [0.2, 0.25) is 0 Å². The zero-order valence-corrected chi connectivity index (χ0v) is 9.65. The number of nitrogens with zero attached hydrogens (tertiary/aromatic N) is 4. The SMILES string of the molecule is O=C(Cn1ccnn1)NCC1CN2C(=O)CC2O1. The summed E-state index contributed by atoms with van der Waals surface area (Å²) < 4.78 is 7.02. The van der Waals surface area contributed by atoms with Crippen LogP contribution >= 0.6 is 0 Å². The molecule has 0 spiro atoms. The number of fused-ring (bicyclic) bond motifs is 1. The van der Waals surface area contributed by atoms with Crippen molar-refractivity contribution in [3.05, 3.63) is 12.4 Å². The van der Waals surface area contributed by atoms with E-state index >= 15 is 0 Å². The topological polar surface area (TPSA) is 89.4 Å². The summed E-state index contributed by atoms with van der Waals surface area (Å²) in [4.78, 5) is 24.4. The number of nitrogens with one attached hydrogen (secondary N) is 1. The van der Waals surface area contributed by atoms with Crippen molar-refractivity contribution in [2.45, 2.75) is 25.3 Å². The summed E-state index contributed by atoms with van der Waals surface area (Å²) in [6, 6.07) is 0. The maximum Gasteiger partial charge on any atom is 0.241 e. The van der Waals surface area contributed by atoms with Crippen molar-refractivity contribution < 1.29 is 14.3 Å². The Labute approximate surface area is 103 Å². The molecule has 2 amide bonds. The molecule has 8 nitrogen and oxygen atoms in total. The summed E-state index contributed by atoms with van der Waals surface area (Å²) in [5, 5.41) is 10.1. The quantitative estimate of drug-likeness (QED) is 0.648. The first-order valence-corrected chi connectivity index (χ1v) is 5.78. The summed E-state index contributed by atoms with van der Waals surface area (Å²) in [7, 11) is 0. The lowest BCUT2D eigenvalue weighted by molar-refractivity contribution is -0.156. The Morgan fingerprint density at radius 2 is 2.50 bits per heavy atom. The van der Waals surface area contributed by atoms with Gasteiger partial charge in [0.15, 0.2) is 0 Å². The van der Waals surface area contributed by atoms with Crippen molar-refractivity contribution in [1.29, 1.82) is 0 Å². The fourth-order valence-corrected chi connectivity index (χ4v) is 2.11. The molecule has 0 aromatic carbocycles. The van der Waals surface area contributed by atoms with Gasteiger partial charge in [-0.1, -0.05) is 5.21 Å². The number of carbonyl (C=O) groups excluding carboxylic acids is 2. The number of amides is 2. The van der Waals surface area contributed by atoms with Crippen LogP contribution in [0.25, 0.3) is 0 Å². The molecule has 0 aliphatic carbocycles. The van der Waals surface area contributed by atoms with Crippen molar-refractivity contribution in [2.75, 3.05) is 13.1 Å². The van der Waals surface area contributed by atoms with E-state index < -0.39 is 0 Å². The van der Waals surface area contributed by atoms with Crippen molar-refractivity contribution in [3.8, 4) is 0 Å². The van der Waals surface area contributed by atoms with Crippen LogP contribution in [-0.4, -0.2) is 57.1 Å². The summed E-state index contributed by atoms with van der Waals surface area (Å²) in [6.45, 7) is 1.11. The van der Waals surface area contributed by atoms with Gasteiger partial charge in [-0.3, -0.25) is 9.59 Å². The van der Waals surface area contributed by atoms with Crippen molar-refractivity contribution in [2.24, 2.45) is 0 Å². The third-order valence-corrected chi connectivity index (χ3v) is 3.07. The minimum Gasteiger partial charge on any atom is -0.352 e. The van der Waals surface area contributed by atoms with E-state index in [1.54, 1.807) is 11.1 Å². The van der Waals surface area contributed by atoms with Gasteiger partial charge in [0.25, 0.3) is 0 Å². The van der Waals surface area contributed by atoms with Gasteiger partial charge in [0.05, 0.1) is 25.3 Å². The van der Waals surface area contributed by atoms with Gasteiger partial charge in [-0.2, -0.15) is 0 Å². The van der Waals surface area contributed by atoms with Crippen molar-refractivity contribution in [3.63, 3.8) is 0 Å². The minimum absolute atomic E-state index is 0.0743. The molecular formula is C10H13N5O3. The minimum atomic E-state index is -0.148. The second-order valence-electron chi connectivity index (χ2n) is 4.37. The fourth-order valence-electron chi connectivity index (χ4n) is 2.11. The highest BCUT2D eigenvalue weighted by Gasteiger charge is 2.45. The van der Waals surface area contributed by atoms with E-state index in [-0.39, 0.29) is 30.7 Å². The summed E-state index contributed by atoms with van der Waals surface area (Å²) in [6.07, 6.45) is 3.42. The van der Waals surface area contributed by atoms with Gasteiger partial charge in [0.1, 0.15) is 12.8 Å². The van der Waals surface area contributed by atoms with Crippen LogP contribution in [0, 0.1) is 0 Å². The van der Waals surface area contributed by atoms with Crippen LogP contribution < -0.4 is 5.32 Å². The predicted molar refractivity (Wildman–Crippen MR) is 58.0 cm³/mol. The van der Waals surface area contributed by atoms with E-state index in [2.05, 4.69) is 15.6 Å². The predicted octanol–water partition coefficient (Wildman–Crippen LogP) is -1.65. The van der Waals surface area contributed by atoms with Crippen LogP contribution in [-0.2, 0) is 20.9 Å². The highest BCUT2D eigenvalue weighted by molar-refractivity contribution is 5.83. The number of ether oxygens (including phenoxy) is 1. The second-order valence-corrected chi connectivity index (χ2v) is 4.37. The molecule has 1 aromatic heterocycles. The van der Waals surface area contributed by atoms with Gasteiger partial charge in [-0.25, -0.2) is 4.68 Å². The maximum absolute atomic E-state index is 11.6. The molecule has 2 fully saturated rings. The van der Waals surface area contributed by atoms with Crippen LogP contribution in [0.3, 0.4) is 0 Å². The molecule has 2 unspecified atom stereocenters. The Morgan fingerprint density at radius 3 is 3.17 bits per heavy atom. The average Bonchev–Trinajstić information content (AvgIpc) is 2.94. The number of rotatable bonds is 4. The van der Waals surface area contributed by atoms with Gasteiger partial charge in [-0.15, -0.1) is 5.10 Å². The van der Waals surface area contributed by atoms with Gasteiger partial charge >= 0.3 is 0 Å². The van der Waals surface area contributed by atoms with E-state index in [4.69, 9.17) is 4.74 Å². The lowest BCUT2D eigenvalue weighted by atomic mass is 10.2. The van der Waals surface area contributed by atoms with Crippen LogP contribution in [0.5, 0.6) is 0 Å². The zero-order chi connectivity index (χ0) is 12.5. The third kappa shape index (κ3) is 2.06. The number of carbonyl (C=O) groups is 2. The molecule has 0 saturated carbocycles. The van der Waals surface area contributed by atoms with Crippen LogP contribution in [0.15, 0.2) is 12.4 Å². The lowest BCUT2D eigenvalue weighted by Gasteiger charge is -2.31. The van der Waals surface area contributed by atoms with Gasteiger partial charge in [0.2, 0.25) is 11.8 Å². The molecule has 2 aliphatic heterocycles. The van der Waals surface area contributed by atoms with Crippen molar-refractivity contribution in [1.82, 2.24) is 25.2 Å². The standard InChI is InChI=1S/C10H13N5O3/c16-8(6-14-2-1-12-13-14)11-4-7-5-15-9(17)3-10(15)18-7/h1-2,7,10H,3-6H2,(H,11,16). The molecule has 1 aromatic rings. The van der Waals surface area contributed by atoms with E-state index in [1.165, 1.54) is 10.9 Å². The number of hydrogen-bond donors (Lipinski definition) is 1. The molecule has 8 heteroatoms. The number of hydrogen-bond acceptors (Lipinski definition) is 5. The number of aromatic nitrogens is 3. The highest BCUT2D eigenvalue weighted by Crippen LogP contribution is 2.28. The molecular weight excluding hydrogens is 238 g/mol. The lowest BCUT2D eigenvalue weighted by Crippen LogP contribution is -2.48. The summed E-state index contributed by atoms with van der Waals surface area (Å²) >= 11 is 0. The van der Waals surface area contributed by atoms with E-state index in [0.717, 1.165) is 0 Å². The first-order chi connectivity index (χ1) is 8.72. The molecule has 2 saturated heterocycles. The van der Waals surface area contributed by atoms with E-state index in [9.17, 15) is 9.59 Å². The first-order valence-electron chi connectivity index (χ1n) is 5.78. The monoisotopic (exact) mass is 251 g/mol. The first kappa shape index (κ1) is 11.1. The zero-order valence-electron chi connectivity index (χ0n) is 9.65. The van der Waals surface area contributed by atoms with Gasteiger partial charge in [0, 0.05) is 12.7 Å². The Bertz CT molecular complexity index is 460. The highest BCUT2D eigenvalue weighted by atomic mass is 16.5. The largest absolute Gasteiger partial charge is 0.352 e. The van der Waals surface area contributed by atoms with Crippen LogP contribution in [0.4, 0.5) is 0 Å². The molecule has 0 bridgehead atoms. The molecule has 0 radical (unpaired) electrons.